The van der Waals surface area contributed by atoms with E-state index in [4.69, 9.17) is 14.6 Å². The fourth-order valence-corrected chi connectivity index (χ4v) is 1.98. The van der Waals surface area contributed by atoms with E-state index in [9.17, 15) is 4.79 Å². The highest BCUT2D eigenvalue weighted by Gasteiger charge is 2.13. The molecule has 0 amide bonds. The van der Waals surface area contributed by atoms with Crippen LogP contribution in [0.15, 0.2) is 12.3 Å². The molecular formula is C15H24N2O4. The molecule has 0 saturated carbocycles. The molecule has 0 unspecified atom stereocenters. The van der Waals surface area contributed by atoms with Gasteiger partial charge in [0.15, 0.2) is 0 Å². The molecule has 0 saturated heterocycles. The van der Waals surface area contributed by atoms with E-state index in [1.807, 2.05) is 20.8 Å². The van der Waals surface area contributed by atoms with Crippen molar-refractivity contribution in [3.05, 3.63) is 23.4 Å². The van der Waals surface area contributed by atoms with Crippen molar-refractivity contribution in [2.75, 3.05) is 44.4 Å². The van der Waals surface area contributed by atoms with Gasteiger partial charge < -0.3 is 19.5 Å². The molecule has 0 spiro atoms. The van der Waals surface area contributed by atoms with Gasteiger partial charge in [0.1, 0.15) is 5.82 Å². The highest BCUT2D eigenvalue weighted by Crippen LogP contribution is 2.18. The maximum Gasteiger partial charge on any atom is 0.337 e. The number of carboxylic acid groups (broad SMARTS) is 1. The molecule has 6 heteroatoms. The number of carboxylic acids is 1. The first-order valence-electron chi connectivity index (χ1n) is 7.20. The maximum absolute atomic E-state index is 11.0. The second kappa shape index (κ2) is 9.31. The van der Waals surface area contributed by atoms with Crippen LogP contribution in [-0.2, 0) is 9.47 Å². The van der Waals surface area contributed by atoms with E-state index in [1.165, 1.54) is 6.20 Å². The third-order valence-electron chi connectivity index (χ3n) is 3.02. The smallest absolute Gasteiger partial charge is 0.337 e. The molecule has 1 N–H and O–H groups in total. The predicted octanol–water partition coefficient (Wildman–Crippen LogP) is 1.97. The third-order valence-corrected chi connectivity index (χ3v) is 3.02. The Morgan fingerprint density at radius 3 is 2.24 bits per heavy atom. The molecule has 1 rings (SSSR count). The lowest BCUT2D eigenvalue weighted by Crippen LogP contribution is -2.32. The average Bonchev–Trinajstić information content (AvgIpc) is 2.46. The van der Waals surface area contributed by atoms with Gasteiger partial charge in [0.25, 0.3) is 0 Å². The van der Waals surface area contributed by atoms with Crippen LogP contribution in [-0.4, -0.2) is 55.6 Å². The van der Waals surface area contributed by atoms with Crippen molar-refractivity contribution >= 4 is 11.8 Å². The molecular weight excluding hydrogens is 272 g/mol. The largest absolute Gasteiger partial charge is 0.478 e. The fraction of sp³-hybridized carbons (Fsp3) is 0.600. The van der Waals surface area contributed by atoms with Crippen LogP contribution in [0.3, 0.4) is 0 Å². The topological polar surface area (TPSA) is 71.9 Å². The Morgan fingerprint density at radius 1 is 1.24 bits per heavy atom. The standard InChI is InChI=1S/C15H24N2O4/c1-4-20-8-6-17(7-9-21-5-2)14-12(3)10-13(11-16-14)15(18)19/h10-11H,4-9H2,1-3H3,(H,18,19). The van der Waals surface area contributed by atoms with Gasteiger partial charge in [-0.15, -0.1) is 0 Å². The summed E-state index contributed by atoms with van der Waals surface area (Å²) >= 11 is 0. The minimum atomic E-state index is -0.965. The molecule has 0 aliphatic heterocycles. The molecule has 118 valence electrons. The number of aromatic nitrogens is 1. The fourth-order valence-electron chi connectivity index (χ4n) is 1.98. The molecule has 1 heterocycles. The molecule has 1 aromatic rings. The predicted molar refractivity (Wildman–Crippen MR) is 81.1 cm³/mol. The molecule has 0 fully saturated rings. The molecule has 0 atom stereocenters. The SMILES string of the molecule is CCOCCN(CCOCC)c1ncc(C(=O)O)cc1C. The quantitative estimate of drug-likeness (QED) is 0.666. The average molecular weight is 296 g/mol. The van der Waals surface area contributed by atoms with Crippen LogP contribution in [0, 0.1) is 6.92 Å². The molecule has 0 aliphatic rings. The first-order chi connectivity index (χ1) is 10.1. The van der Waals surface area contributed by atoms with E-state index in [1.54, 1.807) is 6.07 Å². The van der Waals surface area contributed by atoms with E-state index in [2.05, 4.69) is 9.88 Å². The molecule has 0 aromatic carbocycles. The van der Waals surface area contributed by atoms with Crippen molar-refractivity contribution in [1.82, 2.24) is 4.98 Å². The van der Waals surface area contributed by atoms with Crippen molar-refractivity contribution in [2.45, 2.75) is 20.8 Å². The summed E-state index contributed by atoms with van der Waals surface area (Å²) in [5, 5.41) is 8.99. The van der Waals surface area contributed by atoms with E-state index in [-0.39, 0.29) is 5.56 Å². The van der Waals surface area contributed by atoms with Gasteiger partial charge in [-0.3, -0.25) is 0 Å². The Hall–Kier alpha value is -1.66. The van der Waals surface area contributed by atoms with Crippen molar-refractivity contribution in [2.24, 2.45) is 0 Å². The van der Waals surface area contributed by atoms with Crippen LogP contribution in [0.2, 0.25) is 0 Å². The maximum atomic E-state index is 11.0. The number of nitrogens with zero attached hydrogens (tertiary/aromatic N) is 2. The number of ether oxygens (including phenoxy) is 2. The zero-order valence-electron chi connectivity index (χ0n) is 13.0. The Balaban J connectivity index is 2.82. The van der Waals surface area contributed by atoms with Gasteiger partial charge in [-0.05, 0) is 32.4 Å². The van der Waals surface area contributed by atoms with Crippen LogP contribution in [0.4, 0.5) is 5.82 Å². The minimum Gasteiger partial charge on any atom is -0.478 e. The number of hydrogen-bond acceptors (Lipinski definition) is 5. The van der Waals surface area contributed by atoms with Crippen LogP contribution in [0.25, 0.3) is 0 Å². The van der Waals surface area contributed by atoms with Crippen molar-refractivity contribution in [1.29, 1.82) is 0 Å². The van der Waals surface area contributed by atoms with Crippen molar-refractivity contribution in [3.8, 4) is 0 Å². The minimum absolute atomic E-state index is 0.200. The Bertz CT molecular complexity index is 441. The second-order valence-electron chi connectivity index (χ2n) is 4.55. The molecule has 0 radical (unpaired) electrons. The number of rotatable bonds is 10. The first-order valence-corrected chi connectivity index (χ1v) is 7.20. The third kappa shape index (κ3) is 5.69. The highest BCUT2D eigenvalue weighted by atomic mass is 16.5. The Morgan fingerprint density at radius 2 is 1.81 bits per heavy atom. The number of aryl methyl sites for hydroxylation is 1. The number of carbonyl (C=O) groups is 1. The lowest BCUT2D eigenvalue weighted by atomic mass is 10.2. The van der Waals surface area contributed by atoms with Gasteiger partial charge in [0, 0.05) is 32.5 Å². The van der Waals surface area contributed by atoms with Crippen LogP contribution in [0.5, 0.6) is 0 Å². The molecule has 6 nitrogen and oxygen atoms in total. The molecule has 0 aliphatic carbocycles. The normalized spacial score (nSPS) is 10.6. The van der Waals surface area contributed by atoms with E-state index in [0.717, 1.165) is 11.4 Å². The summed E-state index contributed by atoms with van der Waals surface area (Å²) in [6, 6.07) is 1.64. The van der Waals surface area contributed by atoms with E-state index < -0.39 is 5.97 Å². The summed E-state index contributed by atoms with van der Waals surface area (Å²) in [4.78, 5) is 17.3. The summed E-state index contributed by atoms with van der Waals surface area (Å²) in [5.41, 5.74) is 1.04. The van der Waals surface area contributed by atoms with Gasteiger partial charge in [0.05, 0.1) is 18.8 Å². The van der Waals surface area contributed by atoms with Gasteiger partial charge in [-0.25, -0.2) is 9.78 Å². The van der Waals surface area contributed by atoms with Crippen molar-refractivity contribution in [3.63, 3.8) is 0 Å². The summed E-state index contributed by atoms with van der Waals surface area (Å²) in [5.74, 6) is -0.188. The highest BCUT2D eigenvalue weighted by molar-refractivity contribution is 5.87. The monoisotopic (exact) mass is 296 g/mol. The zero-order chi connectivity index (χ0) is 15.7. The first kappa shape index (κ1) is 17.4. The van der Waals surface area contributed by atoms with Crippen molar-refractivity contribution < 1.29 is 19.4 Å². The van der Waals surface area contributed by atoms with E-state index >= 15 is 0 Å². The van der Waals surface area contributed by atoms with Gasteiger partial charge in [-0.1, -0.05) is 0 Å². The molecule has 1 aromatic heterocycles. The lowest BCUT2D eigenvalue weighted by Gasteiger charge is -2.25. The molecule has 0 bridgehead atoms. The van der Waals surface area contributed by atoms with Crippen LogP contribution in [0.1, 0.15) is 29.8 Å². The summed E-state index contributed by atoms with van der Waals surface area (Å²) < 4.78 is 10.8. The number of aromatic carboxylic acids is 1. The second-order valence-corrected chi connectivity index (χ2v) is 4.55. The van der Waals surface area contributed by atoms with Crippen LogP contribution < -0.4 is 4.90 Å². The number of anilines is 1. The summed E-state index contributed by atoms with van der Waals surface area (Å²) in [6.45, 7) is 9.71. The van der Waals surface area contributed by atoms with Gasteiger partial charge in [-0.2, -0.15) is 0 Å². The number of hydrogen-bond donors (Lipinski definition) is 1. The van der Waals surface area contributed by atoms with Crippen LogP contribution >= 0.6 is 0 Å². The van der Waals surface area contributed by atoms with Gasteiger partial charge >= 0.3 is 5.97 Å². The van der Waals surface area contributed by atoms with Gasteiger partial charge in [0.2, 0.25) is 0 Å². The zero-order valence-corrected chi connectivity index (χ0v) is 13.0. The molecule has 21 heavy (non-hydrogen) atoms. The Kier molecular flexibility index (Phi) is 7.71. The Labute approximate surface area is 125 Å². The summed E-state index contributed by atoms with van der Waals surface area (Å²) in [7, 11) is 0. The van der Waals surface area contributed by atoms with E-state index in [0.29, 0.717) is 39.5 Å². The number of pyridine rings is 1. The lowest BCUT2D eigenvalue weighted by molar-refractivity contribution is 0.0696. The summed E-state index contributed by atoms with van der Waals surface area (Å²) in [6.07, 6.45) is 1.39.